The number of carbonyl (C=O) groups excluding carboxylic acids is 2. The van der Waals surface area contributed by atoms with E-state index in [1.54, 1.807) is 14.1 Å². The number of allylic oxidation sites excluding steroid dienone is 2. The number of ketones is 1. The standard InChI is InChI=1S/C22H30N2O4/c1-5-10-18(23-28-6-2)21-19(25)13-17(22(26)24(3)4)14-20(21)27-15-16-11-8-7-9-12-16/h7-9,11-12,17H,5-6,10,13-15H2,1-4H3. The smallest absolute Gasteiger partial charge is 0.226 e. The SMILES string of the molecule is CCCC(=NOCC)C1=C(OCc2ccccc2)CC(C(=O)N(C)C)CC1=O. The molecule has 1 amide bonds. The van der Waals surface area contributed by atoms with Gasteiger partial charge in [-0.1, -0.05) is 48.8 Å². The molecule has 0 fully saturated rings. The fourth-order valence-corrected chi connectivity index (χ4v) is 3.21. The van der Waals surface area contributed by atoms with Crippen LogP contribution in [0.2, 0.25) is 0 Å². The number of nitrogens with zero attached hydrogens (tertiary/aromatic N) is 2. The molecule has 152 valence electrons. The van der Waals surface area contributed by atoms with Crippen LogP contribution in [0.25, 0.3) is 0 Å². The van der Waals surface area contributed by atoms with Crippen LogP contribution in [0.3, 0.4) is 0 Å². The molecule has 6 heteroatoms. The van der Waals surface area contributed by atoms with Gasteiger partial charge in [0.15, 0.2) is 5.78 Å². The zero-order valence-electron chi connectivity index (χ0n) is 17.2. The molecule has 0 radical (unpaired) electrons. The Kier molecular flexibility index (Phi) is 8.23. The summed E-state index contributed by atoms with van der Waals surface area (Å²) in [6, 6.07) is 9.76. The van der Waals surface area contributed by atoms with Gasteiger partial charge in [0.25, 0.3) is 0 Å². The predicted molar refractivity (Wildman–Crippen MR) is 109 cm³/mol. The van der Waals surface area contributed by atoms with Gasteiger partial charge in [-0.3, -0.25) is 9.59 Å². The molecule has 2 rings (SSSR count). The number of rotatable bonds is 9. The first kappa shape index (κ1) is 21.7. The minimum atomic E-state index is -0.410. The van der Waals surface area contributed by atoms with Crippen LogP contribution >= 0.6 is 0 Å². The van der Waals surface area contributed by atoms with Gasteiger partial charge in [0, 0.05) is 26.9 Å². The lowest BCUT2D eigenvalue weighted by molar-refractivity contribution is -0.136. The van der Waals surface area contributed by atoms with Gasteiger partial charge in [-0.15, -0.1) is 0 Å². The molecule has 1 unspecified atom stereocenters. The molecule has 6 nitrogen and oxygen atoms in total. The minimum Gasteiger partial charge on any atom is -0.492 e. The largest absolute Gasteiger partial charge is 0.492 e. The van der Waals surface area contributed by atoms with Crippen LogP contribution in [0.4, 0.5) is 0 Å². The Morgan fingerprint density at radius 2 is 1.89 bits per heavy atom. The number of Topliss-reactive ketones (excluding diaryl/α,β-unsaturated/α-hetero) is 1. The summed E-state index contributed by atoms with van der Waals surface area (Å²) in [5.41, 5.74) is 2.09. The summed E-state index contributed by atoms with van der Waals surface area (Å²) in [5.74, 6) is -0.0485. The number of benzene rings is 1. The molecule has 0 spiro atoms. The third kappa shape index (κ3) is 5.68. The molecule has 1 aliphatic carbocycles. The Bertz CT molecular complexity index is 738. The Hall–Kier alpha value is -2.63. The number of carbonyl (C=O) groups is 2. The van der Waals surface area contributed by atoms with Crippen LogP contribution in [0, 0.1) is 5.92 Å². The summed E-state index contributed by atoms with van der Waals surface area (Å²) >= 11 is 0. The lowest BCUT2D eigenvalue weighted by Crippen LogP contribution is -2.35. The predicted octanol–water partition coefficient (Wildman–Crippen LogP) is 3.72. The lowest BCUT2D eigenvalue weighted by atomic mass is 9.83. The maximum Gasteiger partial charge on any atom is 0.226 e. The van der Waals surface area contributed by atoms with Crippen molar-refractivity contribution >= 4 is 17.4 Å². The van der Waals surface area contributed by atoms with Crippen molar-refractivity contribution in [2.45, 2.75) is 46.1 Å². The van der Waals surface area contributed by atoms with Crippen molar-refractivity contribution in [3.05, 3.63) is 47.2 Å². The normalized spacial score (nSPS) is 17.5. The molecular weight excluding hydrogens is 356 g/mol. The summed E-state index contributed by atoms with van der Waals surface area (Å²) in [6.45, 7) is 4.64. The van der Waals surface area contributed by atoms with Crippen molar-refractivity contribution in [2.75, 3.05) is 20.7 Å². The zero-order chi connectivity index (χ0) is 20.5. The molecule has 1 aliphatic rings. The fourth-order valence-electron chi connectivity index (χ4n) is 3.21. The molecule has 28 heavy (non-hydrogen) atoms. The van der Waals surface area contributed by atoms with Crippen LogP contribution in [0.15, 0.2) is 46.8 Å². The average molecular weight is 386 g/mol. The maximum absolute atomic E-state index is 13.0. The third-order valence-corrected chi connectivity index (χ3v) is 4.55. The van der Waals surface area contributed by atoms with E-state index in [9.17, 15) is 9.59 Å². The molecule has 0 heterocycles. The average Bonchev–Trinajstić information content (AvgIpc) is 2.69. The van der Waals surface area contributed by atoms with Crippen LogP contribution < -0.4 is 0 Å². The van der Waals surface area contributed by atoms with Crippen LogP contribution in [-0.4, -0.2) is 43.0 Å². The van der Waals surface area contributed by atoms with E-state index in [1.165, 1.54) is 4.90 Å². The number of oxime groups is 1. The Morgan fingerprint density at radius 1 is 1.18 bits per heavy atom. The van der Waals surface area contributed by atoms with Crippen molar-refractivity contribution in [1.82, 2.24) is 4.90 Å². The molecule has 0 N–H and O–H groups in total. The van der Waals surface area contributed by atoms with E-state index in [-0.39, 0.29) is 18.1 Å². The number of ether oxygens (including phenoxy) is 1. The number of hydrogen-bond donors (Lipinski definition) is 0. The summed E-state index contributed by atoms with van der Waals surface area (Å²) < 4.78 is 6.07. The van der Waals surface area contributed by atoms with Gasteiger partial charge in [0.2, 0.25) is 5.91 Å². The third-order valence-electron chi connectivity index (χ3n) is 4.55. The zero-order valence-corrected chi connectivity index (χ0v) is 17.2. The quantitative estimate of drug-likeness (QED) is 0.479. The number of hydrogen-bond acceptors (Lipinski definition) is 5. The summed E-state index contributed by atoms with van der Waals surface area (Å²) in [5, 5.41) is 4.18. The molecule has 1 aromatic rings. The molecule has 0 aliphatic heterocycles. The van der Waals surface area contributed by atoms with Gasteiger partial charge in [-0.25, -0.2) is 0 Å². The van der Waals surface area contributed by atoms with Gasteiger partial charge in [-0.05, 0) is 18.9 Å². The van der Waals surface area contributed by atoms with E-state index in [0.29, 0.717) is 43.1 Å². The first-order valence-electron chi connectivity index (χ1n) is 9.81. The monoisotopic (exact) mass is 386 g/mol. The van der Waals surface area contributed by atoms with E-state index in [2.05, 4.69) is 5.16 Å². The molecular formula is C22H30N2O4. The lowest BCUT2D eigenvalue weighted by Gasteiger charge is -2.28. The molecule has 1 atom stereocenters. The minimum absolute atomic E-state index is 0.0630. The topological polar surface area (TPSA) is 68.2 Å². The second-order valence-electron chi connectivity index (χ2n) is 7.04. The van der Waals surface area contributed by atoms with Crippen LogP contribution in [0.5, 0.6) is 0 Å². The number of amides is 1. The van der Waals surface area contributed by atoms with E-state index >= 15 is 0 Å². The summed E-state index contributed by atoms with van der Waals surface area (Å²) in [6.07, 6.45) is 2.00. The maximum atomic E-state index is 13.0. The van der Waals surface area contributed by atoms with Crippen molar-refractivity contribution in [1.29, 1.82) is 0 Å². The highest BCUT2D eigenvalue weighted by molar-refractivity contribution is 6.23. The van der Waals surface area contributed by atoms with Crippen molar-refractivity contribution in [2.24, 2.45) is 11.1 Å². The molecule has 0 saturated carbocycles. The van der Waals surface area contributed by atoms with Gasteiger partial charge >= 0.3 is 0 Å². The van der Waals surface area contributed by atoms with Gasteiger partial charge in [0.1, 0.15) is 19.0 Å². The second-order valence-corrected chi connectivity index (χ2v) is 7.04. The highest BCUT2D eigenvalue weighted by atomic mass is 16.6. The highest BCUT2D eigenvalue weighted by Gasteiger charge is 2.35. The molecule has 0 aromatic heterocycles. The van der Waals surface area contributed by atoms with E-state index in [0.717, 1.165) is 12.0 Å². The van der Waals surface area contributed by atoms with Gasteiger partial charge in [0.05, 0.1) is 17.2 Å². The van der Waals surface area contributed by atoms with Crippen LogP contribution in [-0.2, 0) is 25.8 Å². The van der Waals surface area contributed by atoms with E-state index in [1.807, 2.05) is 44.2 Å². The summed E-state index contributed by atoms with van der Waals surface area (Å²) in [7, 11) is 3.41. The molecule has 0 bridgehead atoms. The fraction of sp³-hybridized carbons (Fsp3) is 0.500. The van der Waals surface area contributed by atoms with Crippen LogP contribution in [0.1, 0.15) is 45.1 Å². The van der Waals surface area contributed by atoms with Crippen molar-refractivity contribution in [3.8, 4) is 0 Å². The Morgan fingerprint density at radius 3 is 2.50 bits per heavy atom. The summed E-state index contributed by atoms with van der Waals surface area (Å²) in [4.78, 5) is 32.2. The van der Waals surface area contributed by atoms with Gasteiger partial charge < -0.3 is 14.5 Å². The van der Waals surface area contributed by atoms with E-state index in [4.69, 9.17) is 9.57 Å². The van der Waals surface area contributed by atoms with Crippen molar-refractivity contribution in [3.63, 3.8) is 0 Å². The second kappa shape index (κ2) is 10.6. The van der Waals surface area contributed by atoms with Gasteiger partial charge in [-0.2, -0.15) is 0 Å². The molecule has 1 aromatic carbocycles. The van der Waals surface area contributed by atoms with Crippen molar-refractivity contribution < 1.29 is 19.2 Å². The van der Waals surface area contributed by atoms with E-state index < -0.39 is 5.92 Å². The first-order chi connectivity index (χ1) is 13.5. The Labute approximate surface area is 167 Å². The highest BCUT2D eigenvalue weighted by Crippen LogP contribution is 2.31. The first-order valence-corrected chi connectivity index (χ1v) is 9.81. The molecule has 0 saturated heterocycles. The Balaban J connectivity index is 2.37.